The molecule has 1 amide bonds. The SMILES string of the molecule is O=C(COC(=O)c1cc([N+](=O)[O-])ccc1N1CCOCC1)Nc1ccon1. The van der Waals surface area contributed by atoms with Crippen LogP contribution in [0, 0.1) is 10.1 Å². The van der Waals surface area contributed by atoms with Gasteiger partial charge in [0.2, 0.25) is 0 Å². The number of benzene rings is 1. The van der Waals surface area contributed by atoms with Crippen LogP contribution in [0.15, 0.2) is 35.1 Å². The van der Waals surface area contributed by atoms with Crippen molar-refractivity contribution in [3.05, 3.63) is 46.2 Å². The molecule has 2 aromatic rings. The van der Waals surface area contributed by atoms with Gasteiger partial charge in [-0.2, -0.15) is 0 Å². The largest absolute Gasteiger partial charge is 0.452 e. The van der Waals surface area contributed by atoms with Crippen molar-refractivity contribution in [1.82, 2.24) is 5.16 Å². The average molecular weight is 376 g/mol. The molecule has 0 unspecified atom stereocenters. The first-order chi connectivity index (χ1) is 13.0. The van der Waals surface area contributed by atoms with Crippen LogP contribution in [-0.2, 0) is 14.3 Å². The zero-order valence-corrected chi connectivity index (χ0v) is 14.1. The Labute approximate surface area is 153 Å². The molecule has 0 spiro atoms. The quantitative estimate of drug-likeness (QED) is 0.448. The molecule has 142 valence electrons. The number of hydrogen-bond donors (Lipinski definition) is 1. The van der Waals surface area contributed by atoms with E-state index in [1.54, 1.807) is 0 Å². The first-order valence-electron chi connectivity index (χ1n) is 8.03. The van der Waals surface area contributed by atoms with Gasteiger partial charge in [-0.05, 0) is 6.07 Å². The number of hydrogen-bond acceptors (Lipinski definition) is 9. The van der Waals surface area contributed by atoms with Crippen molar-refractivity contribution in [2.24, 2.45) is 0 Å². The number of carbonyl (C=O) groups is 2. The highest BCUT2D eigenvalue weighted by Gasteiger charge is 2.23. The number of anilines is 2. The molecule has 27 heavy (non-hydrogen) atoms. The van der Waals surface area contributed by atoms with Crippen LogP contribution in [0.1, 0.15) is 10.4 Å². The number of nitrogens with one attached hydrogen (secondary N) is 1. The van der Waals surface area contributed by atoms with E-state index in [4.69, 9.17) is 9.47 Å². The number of ether oxygens (including phenoxy) is 2. The van der Waals surface area contributed by atoms with Crippen LogP contribution in [0.5, 0.6) is 0 Å². The lowest BCUT2D eigenvalue weighted by Crippen LogP contribution is -2.37. The number of rotatable bonds is 6. The number of carbonyl (C=O) groups excluding carboxylic acids is 2. The Bertz CT molecular complexity index is 831. The molecular weight excluding hydrogens is 360 g/mol. The standard InChI is InChI=1S/C16H16N4O7/c21-15(17-14-3-6-27-18-14)10-26-16(22)12-9-11(20(23)24)1-2-13(12)19-4-7-25-8-5-19/h1-3,6,9H,4-5,7-8,10H2,(H,17,18,21). The molecule has 0 saturated carbocycles. The maximum Gasteiger partial charge on any atom is 0.341 e. The van der Waals surface area contributed by atoms with Crippen LogP contribution in [0.25, 0.3) is 0 Å². The van der Waals surface area contributed by atoms with Gasteiger partial charge in [-0.1, -0.05) is 5.16 Å². The van der Waals surface area contributed by atoms with E-state index in [0.717, 1.165) is 6.07 Å². The molecule has 1 aromatic carbocycles. The normalized spacial score (nSPS) is 13.9. The second-order valence-electron chi connectivity index (χ2n) is 5.57. The van der Waals surface area contributed by atoms with Gasteiger partial charge < -0.3 is 24.2 Å². The van der Waals surface area contributed by atoms with Crippen molar-refractivity contribution in [3.8, 4) is 0 Å². The highest BCUT2D eigenvalue weighted by molar-refractivity contribution is 5.99. The van der Waals surface area contributed by atoms with Crippen molar-refractivity contribution in [2.45, 2.75) is 0 Å². The molecule has 11 nitrogen and oxygen atoms in total. The second-order valence-corrected chi connectivity index (χ2v) is 5.57. The molecule has 0 radical (unpaired) electrons. The van der Waals surface area contributed by atoms with Gasteiger partial charge in [-0.3, -0.25) is 14.9 Å². The fourth-order valence-electron chi connectivity index (χ4n) is 2.55. The van der Waals surface area contributed by atoms with Gasteiger partial charge in [-0.25, -0.2) is 4.79 Å². The lowest BCUT2D eigenvalue weighted by atomic mass is 10.1. The minimum Gasteiger partial charge on any atom is -0.452 e. The lowest BCUT2D eigenvalue weighted by molar-refractivity contribution is -0.384. The smallest absolute Gasteiger partial charge is 0.341 e. The van der Waals surface area contributed by atoms with Crippen LogP contribution in [0.2, 0.25) is 0 Å². The van der Waals surface area contributed by atoms with E-state index in [1.807, 2.05) is 4.90 Å². The van der Waals surface area contributed by atoms with E-state index in [-0.39, 0.29) is 17.1 Å². The first kappa shape index (κ1) is 18.3. The van der Waals surface area contributed by atoms with Gasteiger partial charge in [0, 0.05) is 31.3 Å². The molecule has 1 saturated heterocycles. The number of esters is 1. The number of nitro groups is 1. The van der Waals surface area contributed by atoms with Gasteiger partial charge in [-0.15, -0.1) is 0 Å². The number of amides is 1. The number of nitro benzene ring substituents is 1. The minimum absolute atomic E-state index is 0.0142. The van der Waals surface area contributed by atoms with Gasteiger partial charge in [0.05, 0.1) is 29.4 Å². The average Bonchev–Trinajstić information content (AvgIpc) is 3.19. The number of aromatic nitrogens is 1. The molecular formula is C16H16N4O7. The third-order valence-corrected chi connectivity index (χ3v) is 3.80. The number of non-ortho nitro benzene ring substituents is 1. The van der Waals surface area contributed by atoms with Gasteiger partial charge >= 0.3 is 5.97 Å². The molecule has 1 aliphatic rings. The maximum absolute atomic E-state index is 12.5. The van der Waals surface area contributed by atoms with E-state index in [0.29, 0.717) is 32.0 Å². The van der Waals surface area contributed by atoms with Crippen molar-refractivity contribution >= 4 is 29.1 Å². The fourth-order valence-corrected chi connectivity index (χ4v) is 2.55. The Morgan fingerprint density at radius 3 is 2.74 bits per heavy atom. The molecule has 1 aromatic heterocycles. The Hall–Kier alpha value is -3.47. The predicted octanol–water partition coefficient (Wildman–Crippen LogP) is 1.21. The summed E-state index contributed by atoms with van der Waals surface area (Å²) >= 11 is 0. The van der Waals surface area contributed by atoms with Crippen molar-refractivity contribution in [2.75, 3.05) is 43.1 Å². The summed E-state index contributed by atoms with van der Waals surface area (Å²) in [5, 5.41) is 16.9. The minimum atomic E-state index is -0.838. The van der Waals surface area contributed by atoms with Gasteiger partial charge in [0.15, 0.2) is 12.4 Å². The zero-order chi connectivity index (χ0) is 19.2. The van der Waals surface area contributed by atoms with Crippen LogP contribution in [0.3, 0.4) is 0 Å². The topological polar surface area (TPSA) is 137 Å². The summed E-state index contributed by atoms with van der Waals surface area (Å²) in [7, 11) is 0. The highest BCUT2D eigenvalue weighted by Crippen LogP contribution is 2.27. The fraction of sp³-hybridized carbons (Fsp3) is 0.312. The zero-order valence-electron chi connectivity index (χ0n) is 14.1. The summed E-state index contributed by atoms with van der Waals surface area (Å²) in [5.41, 5.74) is 0.261. The molecule has 1 fully saturated rings. The molecule has 11 heteroatoms. The Balaban J connectivity index is 1.73. The monoisotopic (exact) mass is 376 g/mol. The molecule has 0 bridgehead atoms. The number of nitrogens with zero attached hydrogens (tertiary/aromatic N) is 3. The van der Waals surface area contributed by atoms with Crippen LogP contribution in [0.4, 0.5) is 17.2 Å². The van der Waals surface area contributed by atoms with Crippen LogP contribution in [-0.4, -0.2) is 54.9 Å². The molecule has 3 rings (SSSR count). The molecule has 1 aliphatic heterocycles. The summed E-state index contributed by atoms with van der Waals surface area (Å²) < 4.78 is 14.9. The van der Waals surface area contributed by atoms with E-state index < -0.39 is 23.4 Å². The third kappa shape index (κ3) is 4.58. The molecule has 2 heterocycles. The third-order valence-electron chi connectivity index (χ3n) is 3.80. The summed E-state index contributed by atoms with van der Waals surface area (Å²) in [5.74, 6) is -1.27. The van der Waals surface area contributed by atoms with Crippen molar-refractivity contribution in [3.63, 3.8) is 0 Å². The summed E-state index contributed by atoms with van der Waals surface area (Å²) in [4.78, 5) is 36.6. The van der Waals surface area contributed by atoms with Gasteiger partial charge in [0.25, 0.3) is 11.6 Å². The van der Waals surface area contributed by atoms with E-state index >= 15 is 0 Å². The summed E-state index contributed by atoms with van der Waals surface area (Å²) in [6, 6.07) is 5.38. The first-order valence-corrected chi connectivity index (χ1v) is 8.03. The molecule has 1 N–H and O–H groups in total. The second kappa shape index (κ2) is 8.27. The van der Waals surface area contributed by atoms with Crippen molar-refractivity contribution < 1.29 is 28.5 Å². The van der Waals surface area contributed by atoms with E-state index in [9.17, 15) is 19.7 Å². The van der Waals surface area contributed by atoms with Gasteiger partial charge in [0.1, 0.15) is 6.26 Å². The Kier molecular flexibility index (Phi) is 5.61. The molecule has 0 atom stereocenters. The number of morpholine rings is 1. The predicted molar refractivity (Wildman–Crippen MR) is 91.5 cm³/mol. The van der Waals surface area contributed by atoms with E-state index in [1.165, 1.54) is 24.5 Å². The lowest BCUT2D eigenvalue weighted by Gasteiger charge is -2.30. The van der Waals surface area contributed by atoms with E-state index in [2.05, 4.69) is 15.0 Å². The highest BCUT2D eigenvalue weighted by atomic mass is 16.6. The molecule has 0 aliphatic carbocycles. The van der Waals surface area contributed by atoms with Crippen LogP contribution < -0.4 is 10.2 Å². The summed E-state index contributed by atoms with van der Waals surface area (Å²) in [6.07, 6.45) is 1.28. The maximum atomic E-state index is 12.5. The Morgan fingerprint density at radius 2 is 2.07 bits per heavy atom. The summed E-state index contributed by atoms with van der Waals surface area (Å²) in [6.45, 7) is 1.45. The van der Waals surface area contributed by atoms with Crippen LogP contribution >= 0.6 is 0 Å². The Morgan fingerprint density at radius 1 is 1.30 bits per heavy atom. The van der Waals surface area contributed by atoms with Crippen molar-refractivity contribution in [1.29, 1.82) is 0 Å².